The monoisotopic (exact) mass is 491 g/mol. The molecule has 1 amide bonds. The fourth-order valence-corrected chi connectivity index (χ4v) is 4.97. The summed E-state index contributed by atoms with van der Waals surface area (Å²) < 4.78 is 27.4. The molecule has 0 saturated carbocycles. The van der Waals surface area contributed by atoms with Crippen molar-refractivity contribution in [1.82, 2.24) is 5.32 Å². The number of carbonyl (C=O) groups excluding carboxylic acids is 2. The number of halogens is 1. The number of aromatic hydroxyl groups is 1. The van der Waals surface area contributed by atoms with Gasteiger partial charge in [-0.25, -0.2) is 0 Å². The van der Waals surface area contributed by atoms with Gasteiger partial charge < -0.3 is 38.9 Å². The van der Waals surface area contributed by atoms with Crippen LogP contribution >= 0.6 is 11.6 Å². The number of amides is 1. The van der Waals surface area contributed by atoms with Crippen LogP contribution in [-0.4, -0.2) is 57.9 Å². The highest BCUT2D eigenvalue weighted by Crippen LogP contribution is 2.53. The van der Waals surface area contributed by atoms with E-state index in [9.17, 15) is 14.7 Å². The summed E-state index contributed by atoms with van der Waals surface area (Å²) >= 11 is 5.78. The Balaban J connectivity index is 1.97. The van der Waals surface area contributed by atoms with Crippen LogP contribution in [0.15, 0.2) is 24.3 Å². The SMILES string of the molecule is COC[C@@H]1C(NC(=O)CCl)c2cc3c(cc2C(c2cc(OC)c(O)c(OC)c2)[C@H]1C=O)OCO3. The van der Waals surface area contributed by atoms with Gasteiger partial charge in [-0.1, -0.05) is 0 Å². The first-order valence-electron chi connectivity index (χ1n) is 10.6. The standard InChI is InChI=1S/C24H26ClNO8/c1-30-10-16-15(9-27)22(12-4-19(31-2)24(29)20(5-12)32-3)13-6-17-18(34-11-33-17)7-14(13)23(16)26-21(28)8-25/h4-7,9,15-16,22-23,29H,8,10-11H2,1-3H3,(H,26,28)/t15-,16-,22?,23?/m0/s1. The molecule has 0 bridgehead atoms. The molecule has 4 atom stereocenters. The first-order valence-corrected chi connectivity index (χ1v) is 11.2. The number of hydrogen-bond acceptors (Lipinski definition) is 8. The molecule has 0 radical (unpaired) electrons. The predicted octanol–water partition coefficient (Wildman–Crippen LogP) is 2.76. The molecule has 1 heterocycles. The van der Waals surface area contributed by atoms with Gasteiger partial charge in [0.05, 0.1) is 26.9 Å². The molecule has 10 heteroatoms. The second-order valence-electron chi connectivity index (χ2n) is 8.10. The Morgan fingerprint density at radius 1 is 1.12 bits per heavy atom. The lowest BCUT2D eigenvalue weighted by molar-refractivity contribution is -0.122. The molecule has 2 aromatic carbocycles. The van der Waals surface area contributed by atoms with Crippen molar-refractivity contribution < 1.29 is 38.4 Å². The van der Waals surface area contributed by atoms with E-state index in [0.29, 0.717) is 17.1 Å². The van der Waals surface area contributed by atoms with Gasteiger partial charge in [-0.05, 0) is 41.0 Å². The topological polar surface area (TPSA) is 113 Å². The van der Waals surface area contributed by atoms with Crippen LogP contribution in [0, 0.1) is 11.8 Å². The van der Waals surface area contributed by atoms with Gasteiger partial charge >= 0.3 is 0 Å². The number of carbonyl (C=O) groups is 2. The van der Waals surface area contributed by atoms with E-state index in [-0.39, 0.29) is 42.4 Å². The van der Waals surface area contributed by atoms with E-state index in [1.807, 2.05) is 12.1 Å². The number of hydrogen-bond donors (Lipinski definition) is 2. The number of rotatable bonds is 8. The van der Waals surface area contributed by atoms with Crippen molar-refractivity contribution in [3.05, 3.63) is 41.0 Å². The van der Waals surface area contributed by atoms with Crippen LogP contribution < -0.4 is 24.3 Å². The van der Waals surface area contributed by atoms with Crippen molar-refractivity contribution in [1.29, 1.82) is 0 Å². The lowest BCUT2D eigenvalue weighted by Gasteiger charge is -2.42. The first-order chi connectivity index (χ1) is 16.5. The summed E-state index contributed by atoms with van der Waals surface area (Å²) in [4.78, 5) is 24.9. The number of benzene rings is 2. The van der Waals surface area contributed by atoms with Gasteiger partial charge in [0.25, 0.3) is 0 Å². The molecule has 0 aromatic heterocycles. The minimum absolute atomic E-state index is 0.0705. The number of phenols is 1. The third kappa shape index (κ3) is 4.10. The van der Waals surface area contributed by atoms with E-state index in [1.54, 1.807) is 19.2 Å². The molecule has 4 rings (SSSR count). The van der Waals surface area contributed by atoms with E-state index in [1.165, 1.54) is 14.2 Å². The molecule has 2 aliphatic rings. The molecule has 2 unspecified atom stereocenters. The van der Waals surface area contributed by atoms with Crippen molar-refractivity contribution in [3.63, 3.8) is 0 Å². The summed E-state index contributed by atoms with van der Waals surface area (Å²) in [5, 5.41) is 13.4. The van der Waals surface area contributed by atoms with Gasteiger partial charge in [0.2, 0.25) is 18.4 Å². The molecule has 9 nitrogen and oxygen atoms in total. The zero-order valence-corrected chi connectivity index (χ0v) is 19.8. The Morgan fingerprint density at radius 3 is 2.26 bits per heavy atom. The Morgan fingerprint density at radius 2 is 1.74 bits per heavy atom. The van der Waals surface area contributed by atoms with Crippen molar-refractivity contribution in [2.24, 2.45) is 11.8 Å². The smallest absolute Gasteiger partial charge is 0.235 e. The number of nitrogens with one attached hydrogen (secondary N) is 1. The maximum Gasteiger partial charge on any atom is 0.235 e. The van der Waals surface area contributed by atoms with Crippen LogP contribution in [0.5, 0.6) is 28.7 Å². The number of methoxy groups -OCH3 is 3. The van der Waals surface area contributed by atoms with E-state index >= 15 is 0 Å². The molecule has 1 aliphatic carbocycles. The number of ether oxygens (including phenoxy) is 5. The lowest BCUT2D eigenvalue weighted by Crippen LogP contribution is -2.45. The number of aldehydes is 1. The van der Waals surface area contributed by atoms with Crippen LogP contribution in [-0.2, 0) is 14.3 Å². The minimum atomic E-state index is -0.604. The zero-order valence-electron chi connectivity index (χ0n) is 19.0. The van der Waals surface area contributed by atoms with Gasteiger partial charge in [0, 0.05) is 24.9 Å². The number of alkyl halides is 1. The van der Waals surface area contributed by atoms with Crippen LogP contribution in [0.3, 0.4) is 0 Å². The molecule has 2 aromatic rings. The summed E-state index contributed by atoms with van der Waals surface area (Å²) in [5.41, 5.74) is 2.22. The van der Waals surface area contributed by atoms with Crippen LogP contribution in [0.4, 0.5) is 0 Å². The second-order valence-corrected chi connectivity index (χ2v) is 8.36. The maximum absolute atomic E-state index is 12.6. The highest BCUT2D eigenvalue weighted by Gasteiger charge is 2.45. The Hall–Kier alpha value is -3.17. The van der Waals surface area contributed by atoms with Gasteiger partial charge in [-0.15, -0.1) is 11.6 Å². The Bertz CT molecular complexity index is 1070. The molecule has 182 valence electrons. The highest BCUT2D eigenvalue weighted by atomic mass is 35.5. The number of phenolic OH excluding ortho intramolecular Hbond substituents is 1. The molecule has 1 aliphatic heterocycles. The minimum Gasteiger partial charge on any atom is -0.502 e. The van der Waals surface area contributed by atoms with E-state index in [2.05, 4.69) is 5.32 Å². The van der Waals surface area contributed by atoms with E-state index < -0.39 is 23.8 Å². The summed E-state index contributed by atoms with van der Waals surface area (Å²) in [6.45, 7) is 0.272. The Kier molecular flexibility index (Phi) is 7.04. The maximum atomic E-state index is 12.6. The van der Waals surface area contributed by atoms with E-state index in [0.717, 1.165) is 17.4 Å². The van der Waals surface area contributed by atoms with Crippen LogP contribution in [0.2, 0.25) is 0 Å². The average molecular weight is 492 g/mol. The summed E-state index contributed by atoms with van der Waals surface area (Å²) in [5.74, 6) is -0.726. The summed E-state index contributed by atoms with van der Waals surface area (Å²) in [7, 11) is 4.42. The molecular weight excluding hydrogens is 466 g/mol. The van der Waals surface area contributed by atoms with Crippen molar-refractivity contribution in [2.45, 2.75) is 12.0 Å². The molecule has 0 saturated heterocycles. The first kappa shape index (κ1) is 24.0. The molecule has 2 N–H and O–H groups in total. The second kappa shape index (κ2) is 9.99. The average Bonchev–Trinajstić information content (AvgIpc) is 3.31. The van der Waals surface area contributed by atoms with Crippen molar-refractivity contribution >= 4 is 23.8 Å². The van der Waals surface area contributed by atoms with Gasteiger partial charge in [-0.2, -0.15) is 0 Å². The lowest BCUT2D eigenvalue weighted by atomic mass is 9.64. The van der Waals surface area contributed by atoms with Crippen LogP contribution in [0.25, 0.3) is 0 Å². The largest absolute Gasteiger partial charge is 0.502 e. The zero-order chi connectivity index (χ0) is 24.4. The third-order valence-corrected chi connectivity index (χ3v) is 6.61. The third-order valence-electron chi connectivity index (χ3n) is 6.37. The normalized spacial score (nSPS) is 22.6. The van der Waals surface area contributed by atoms with Crippen LogP contribution in [0.1, 0.15) is 28.7 Å². The number of fused-ring (bicyclic) bond motifs is 2. The van der Waals surface area contributed by atoms with Crippen molar-refractivity contribution in [3.8, 4) is 28.7 Å². The molecule has 0 fully saturated rings. The summed E-state index contributed by atoms with van der Waals surface area (Å²) in [6.07, 6.45) is 0.869. The van der Waals surface area contributed by atoms with Gasteiger partial charge in [0.1, 0.15) is 12.2 Å². The predicted molar refractivity (Wildman–Crippen MR) is 122 cm³/mol. The van der Waals surface area contributed by atoms with Gasteiger partial charge in [0.15, 0.2) is 23.0 Å². The quantitative estimate of drug-likeness (QED) is 0.428. The molecule has 0 spiro atoms. The Labute approximate surface area is 201 Å². The van der Waals surface area contributed by atoms with Gasteiger partial charge in [-0.3, -0.25) is 4.79 Å². The fourth-order valence-electron chi connectivity index (χ4n) is 4.89. The molecular formula is C24H26ClNO8. The fraction of sp³-hybridized carbons (Fsp3) is 0.417. The molecule has 34 heavy (non-hydrogen) atoms. The summed E-state index contributed by atoms with van der Waals surface area (Å²) in [6, 6.07) is 6.45. The highest BCUT2D eigenvalue weighted by molar-refractivity contribution is 6.27. The van der Waals surface area contributed by atoms with E-state index in [4.69, 9.17) is 35.3 Å². The van der Waals surface area contributed by atoms with Crippen molar-refractivity contribution in [2.75, 3.05) is 40.6 Å².